The van der Waals surface area contributed by atoms with Crippen molar-refractivity contribution in [2.45, 2.75) is 31.7 Å². The van der Waals surface area contributed by atoms with Crippen molar-refractivity contribution in [3.8, 4) is 17.2 Å². The third-order valence-corrected chi connectivity index (χ3v) is 5.70. The van der Waals surface area contributed by atoms with Crippen LogP contribution in [0.2, 0.25) is 0 Å². The van der Waals surface area contributed by atoms with Crippen LogP contribution in [0.25, 0.3) is 0 Å². The van der Waals surface area contributed by atoms with Gasteiger partial charge in [0.2, 0.25) is 0 Å². The summed E-state index contributed by atoms with van der Waals surface area (Å²) in [6.07, 6.45) is -2.01. The molecule has 0 atom stereocenters. The SMILES string of the molecule is O=C(NCc1ccc(Oc2ccnc(C(=O)O)c2)cc1)Nc1cc(C(F)(F)F)ccc1OC1CCNCC1. The van der Waals surface area contributed by atoms with E-state index in [2.05, 4.69) is 20.9 Å². The molecule has 0 bridgehead atoms. The number of carbonyl (C=O) groups excluding carboxylic acids is 1. The van der Waals surface area contributed by atoms with Crippen molar-refractivity contribution in [1.82, 2.24) is 15.6 Å². The fourth-order valence-electron chi connectivity index (χ4n) is 3.75. The van der Waals surface area contributed by atoms with E-state index in [0.717, 1.165) is 25.2 Å². The summed E-state index contributed by atoms with van der Waals surface area (Å²) in [6.45, 7) is 1.57. The summed E-state index contributed by atoms with van der Waals surface area (Å²) in [5, 5.41) is 17.3. The first kappa shape index (κ1) is 26.7. The smallest absolute Gasteiger partial charge is 0.416 e. The van der Waals surface area contributed by atoms with Crippen LogP contribution in [0.15, 0.2) is 60.8 Å². The molecule has 0 radical (unpaired) electrons. The van der Waals surface area contributed by atoms with E-state index in [0.29, 0.717) is 29.9 Å². The molecule has 2 amide bonds. The van der Waals surface area contributed by atoms with E-state index in [4.69, 9.17) is 14.6 Å². The Labute approximate surface area is 216 Å². The fourth-order valence-corrected chi connectivity index (χ4v) is 3.75. The van der Waals surface area contributed by atoms with E-state index in [-0.39, 0.29) is 29.8 Å². The number of carbonyl (C=O) groups is 2. The zero-order valence-electron chi connectivity index (χ0n) is 20.0. The molecule has 1 aromatic heterocycles. The summed E-state index contributed by atoms with van der Waals surface area (Å²) in [5.74, 6) is -0.273. The Bertz CT molecular complexity index is 1280. The average Bonchev–Trinajstić information content (AvgIpc) is 2.89. The molecule has 2 aromatic carbocycles. The van der Waals surface area contributed by atoms with Crippen LogP contribution in [-0.4, -0.2) is 41.3 Å². The second kappa shape index (κ2) is 11.8. The third-order valence-electron chi connectivity index (χ3n) is 5.70. The van der Waals surface area contributed by atoms with Gasteiger partial charge in [-0.15, -0.1) is 0 Å². The minimum Gasteiger partial charge on any atom is -0.488 e. The second-order valence-electron chi connectivity index (χ2n) is 8.51. The molecular formula is C26H25F3N4O5. The lowest BCUT2D eigenvalue weighted by Crippen LogP contribution is -2.34. The number of nitrogens with one attached hydrogen (secondary N) is 3. The number of nitrogens with zero attached hydrogens (tertiary/aromatic N) is 1. The predicted molar refractivity (Wildman–Crippen MR) is 132 cm³/mol. The molecule has 0 saturated carbocycles. The highest BCUT2D eigenvalue weighted by atomic mass is 19.4. The van der Waals surface area contributed by atoms with Gasteiger partial charge in [-0.25, -0.2) is 14.6 Å². The molecule has 0 aliphatic carbocycles. The average molecular weight is 531 g/mol. The number of carboxylic acid groups (broad SMARTS) is 1. The lowest BCUT2D eigenvalue weighted by Gasteiger charge is -2.25. The Morgan fingerprint density at radius 3 is 2.45 bits per heavy atom. The van der Waals surface area contributed by atoms with E-state index in [1.807, 2.05) is 0 Å². The number of ether oxygens (including phenoxy) is 2. The number of anilines is 1. The van der Waals surface area contributed by atoms with Crippen LogP contribution in [0.3, 0.4) is 0 Å². The van der Waals surface area contributed by atoms with Crippen molar-refractivity contribution in [1.29, 1.82) is 0 Å². The highest BCUT2D eigenvalue weighted by molar-refractivity contribution is 5.91. The minimum absolute atomic E-state index is 0.0716. The quantitative estimate of drug-likeness (QED) is 0.322. The number of aromatic nitrogens is 1. The van der Waals surface area contributed by atoms with Crippen LogP contribution in [0, 0.1) is 0 Å². The summed E-state index contributed by atoms with van der Waals surface area (Å²) in [6, 6.07) is 11.8. The summed E-state index contributed by atoms with van der Waals surface area (Å²) >= 11 is 0. The predicted octanol–water partition coefficient (Wildman–Crippen LogP) is 5.04. The van der Waals surface area contributed by atoms with Gasteiger partial charge in [0, 0.05) is 18.8 Å². The molecule has 200 valence electrons. The maximum atomic E-state index is 13.3. The number of amides is 2. The monoisotopic (exact) mass is 530 g/mol. The Hall–Kier alpha value is -4.32. The number of rotatable bonds is 8. The number of carboxylic acids is 1. The van der Waals surface area contributed by atoms with Crippen molar-refractivity contribution >= 4 is 17.7 Å². The van der Waals surface area contributed by atoms with Crippen LogP contribution >= 0.6 is 0 Å². The van der Waals surface area contributed by atoms with Gasteiger partial charge in [0.05, 0.1) is 11.3 Å². The molecule has 4 N–H and O–H groups in total. The Kier molecular flexibility index (Phi) is 8.31. The van der Waals surface area contributed by atoms with Crippen molar-refractivity contribution in [2.75, 3.05) is 18.4 Å². The number of urea groups is 1. The van der Waals surface area contributed by atoms with E-state index in [1.54, 1.807) is 24.3 Å². The van der Waals surface area contributed by atoms with Gasteiger partial charge >= 0.3 is 18.2 Å². The highest BCUT2D eigenvalue weighted by Gasteiger charge is 2.31. The third kappa shape index (κ3) is 7.35. The second-order valence-corrected chi connectivity index (χ2v) is 8.51. The lowest BCUT2D eigenvalue weighted by molar-refractivity contribution is -0.137. The van der Waals surface area contributed by atoms with Gasteiger partial charge in [-0.1, -0.05) is 12.1 Å². The largest absolute Gasteiger partial charge is 0.488 e. The van der Waals surface area contributed by atoms with Crippen molar-refractivity contribution < 1.29 is 37.3 Å². The molecule has 2 heterocycles. The Balaban J connectivity index is 1.37. The van der Waals surface area contributed by atoms with Crippen LogP contribution in [0.5, 0.6) is 17.2 Å². The van der Waals surface area contributed by atoms with Gasteiger partial charge in [0.25, 0.3) is 0 Å². The normalized spacial score (nSPS) is 14.0. The standard InChI is InChI=1S/C26H25F3N4O5/c27-26(28,29)17-3-6-23(38-19-7-10-30-11-8-19)21(13-17)33-25(36)32-15-16-1-4-18(5-2-16)37-20-9-12-31-22(14-20)24(34)35/h1-6,9,12-14,19,30H,7-8,10-11,15H2,(H,34,35)(H2,32,33,36). The van der Waals surface area contributed by atoms with Gasteiger partial charge in [0.15, 0.2) is 5.69 Å². The molecule has 0 unspecified atom stereocenters. The first-order valence-electron chi connectivity index (χ1n) is 11.8. The summed E-state index contributed by atoms with van der Waals surface area (Å²) < 4.78 is 51.4. The molecule has 9 nitrogen and oxygen atoms in total. The zero-order chi connectivity index (χ0) is 27.1. The Morgan fingerprint density at radius 1 is 1.03 bits per heavy atom. The summed E-state index contributed by atoms with van der Waals surface area (Å²) in [5.41, 5.74) is -0.425. The zero-order valence-corrected chi connectivity index (χ0v) is 20.0. The minimum atomic E-state index is -4.57. The lowest BCUT2D eigenvalue weighted by atomic mass is 10.1. The maximum Gasteiger partial charge on any atom is 0.416 e. The molecule has 1 fully saturated rings. The van der Waals surface area contributed by atoms with E-state index < -0.39 is 23.7 Å². The number of hydrogen-bond acceptors (Lipinski definition) is 6. The number of halogens is 3. The van der Waals surface area contributed by atoms with Crippen LogP contribution in [0.1, 0.15) is 34.5 Å². The molecule has 3 aromatic rings. The molecule has 1 saturated heterocycles. The van der Waals surface area contributed by atoms with Crippen LogP contribution in [0.4, 0.5) is 23.7 Å². The number of aromatic carboxylic acids is 1. The Morgan fingerprint density at radius 2 is 1.76 bits per heavy atom. The molecule has 4 rings (SSSR count). The number of hydrogen-bond donors (Lipinski definition) is 4. The molecule has 0 spiro atoms. The number of piperidine rings is 1. The van der Waals surface area contributed by atoms with Crippen molar-refractivity contribution in [3.05, 3.63) is 77.6 Å². The van der Waals surface area contributed by atoms with Gasteiger partial charge in [-0.05, 0) is 67.9 Å². The van der Waals surface area contributed by atoms with E-state index in [1.165, 1.54) is 24.4 Å². The van der Waals surface area contributed by atoms with Gasteiger partial charge in [-0.2, -0.15) is 13.2 Å². The van der Waals surface area contributed by atoms with Gasteiger partial charge in [0.1, 0.15) is 23.4 Å². The summed E-state index contributed by atoms with van der Waals surface area (Å²) in [4.78, 5) is 27.3. The number of alkyl halides is 3. The van der Waals surface area contributed by atoms with Crippen molar-refractivity contribution in [3.63, 3.8) is 0 Å². The first-order valence-corrected chi connectivity index (χ1v) is 11.8. The van der Waals surface area contributed by atoms with Gasteiger partial charge in [-0.3, -0.25) is 0 Å². The molecule has 1 aliphatic heterocycles. The van der Waals surface area contributed by atoms with E-state index in [9.17, 15) is 22.8 Å². The van der Waals surface area contributed by atoms with Gasteiger partial charge < -0.3 is 30.5 Å². The molecule has 12 heteroatoms. The van der Waals surface area contributed by atoms with Crippen LogP contribution < -0.4 is 25.4 Å². The fraction of sp³-hybridized carbons (Fsp3) is 0.269. The topological polar surface area (TPSA) is 122 Å². The molecule has 1 aliphatic rings. The molecular weight excluding hydrogens is 505 g/mol. The molecule has 38 heavy (non-hydrogen) atoms. The highest BCUT2D eigenvalue weighted by Crippen LogP contribution is 2.36. The summed E-state index contributed by atoms with van der Waals surface area (Å²) in [7, 11) is 0. The maximum absolute atomic E-state index is 13.3. The number of pyridine rings is 1. The van der Waals surface area contributed by atoms with Crippen molar-refractivity contribution in [2.24, 2.45) is 0 Å². The number of benzene rings is 2. The van der Waals surface area contributed by atoms with Crippen LogP contribution in [-0.2, 0) is 12.7 Å². The van der Waals surface area contributed by atoms with E-state index >= 15 is 0 Å². The first-order chi connectivity index (χ1) is 18.2.